The molecule has 1 aromatic heterocycles. The Kier molecular flexibility index (Phi) is 6.26. The van der Waals surface area contributed by atoms with E-state index in [0.717, 1.165) is 6.07 Å². The molecule has 0 amide bonds. The number of aromatic nitrogens is 1. The van der Waals surface area contributed by atoms with Crippen LogP contribution in [0, 0.1) is 15.9 Å². The van der Waals surface area contributed by atoms with E-state index in [1.807, 2.05) is 9.80 Å². The number of piperazine rings is 1. The molecule has 0 radical (unpaired) electrons. The van der Waals surface area contributed by atoms with E-state index in [1.54, 1.807) is 16.7 Å². The lowest BCUT2D eigenvalue weighted by molar-refractivity contribution is -0.384. The van der Waals surface area contributed by atoms with Crippen molar-refractivity contribution in [2.75, 3.05) is 42.1 Å². The number of nitro benzene ring substituents is 1. The Bertz CT molecular complexity index is 1470. The van der Waals surface area contributed by atoms with Crippen molar-refractivity contribution in [1.82, 2.24) is 9.47 Å². The first-order valence-corrected chi connectivity index (χ1v) is 12.4. The van der Waals surface area contributed by atoms with Crippen LogP contribution in [-0.4, -0.2) is 62.5 Å². The number of non-ortho nitro benzene ring substituents is 1. The van der Waals surface area contributed by atoms with Gasteiger partial charge in [0.05, 0.1) is 26.4 Å². The van der Waals surface area contributed by atoms with Gasteiger partial charge in [-0.05, 0) is 30.4 Å². The van der Waals surface area contributed by atoms with Gasteiger partial charge in [-0.2, -0.15) is 0 Å². The first-order chi connectivity index (χ1) is 17.2. The molecule has 0 unspecified atom stereocenters. The highest BCUT2D eigenvalue weighted by Gasteiger charge is 2.29. The standard InChI is InChI=1S/C23H20FN5O5S2/c24-17-11-15-18-21(36-10-9-28(18)12-16(20(15)30)22(31)32)19(17)26-5-7-27(8-6-26)23(35)25-13-1-3-14(4-2-13)29(33)34/h1-4,11-12H,5-10H2,(H,25,35)(H,31,32). The summed E-state index contributed by atoms with van der Waals surface area (Å²) in [6, 6.07) is 7.12. The molecule has 10 nitrogen and oxygen atoms in total. The third kappa shape index (κ3) is 4.24. The molecule has 2 aromatic carbocycles. The number of aromatic carboxylic acids is 1. The summed E-state index contributed by atoms with van der Waals surface area (Å²) < 4.78 is 17.1. The summed E-state index contributed by atoms with van der Waals surface area (Å²) in [4.78, 5) is 39.1. The van der Waals surface area contributed by atoms with Gasteiger partial charge in [-0.15, -0.1) is 11.8 Å². The van der Waals surface area contributed by atoms with Crippen molar-refractivity contribution in [2.45, 2.75) is 11.4 Å². The number of carboxylic acid groups (broad SMARTS) is 1. The maximum absolute atomic E-state index is 15.4. The van der Waals surface area contributed by atoms with Crippen LogP contribution in [0.4, 0.5) is 21.5 Å². The van der Waals surface area contributed by atoms with Crippen LogP contribution in [0.2, 0.25) is 0 Å². The molecule has 3 aromatic rings. The highest BCUT2D eigenvalue weighted by molar-refractivity contribution is 7.99. The van der Waals surface area contributed by atoms with Crippen molar-refractivity contribution in [3.63, 3.8) is 0 Å². The topological polar surface area (TPSA) is 121 Å². The third-order valence-electron chi connectivity index (χ3n) is 6.27. The molecule has 1 fully saturated rings. The van der Waals surface area contributed by atoms with Crippen molar-refractivity contribution in [2.24, 2.45) is 0 Å². The molecule has 3 heterocycles. The minimum Gasteiger partial charge on any atom is -0.477 e. The molecule has 36 heavy (non-hydrogen) atoms. The van der Waals surface area contributed by atoms with E-state index in [9.17, 15) is 24.8 Å². The fourth-order valence-corrected chi connectivity index (χ4v) is 6.02. The van der Waals surface area contributed by atoms with E-state index < -0.39 is 22.1 Å². The zero-order valence-corrected chi connectivity index (χ0v) is 20.4. The van der Waals surface area contributed by atoms with Crippen LogP contribution in [0.1, 0.15) is 10.4 Å². The van der Waals surface area contributed by atoms with Crippen LogP contribution < -0.4 is 15.6 Å². The number of thiocarbonyl (C=S) groups is 1. The van der Waals surface area contributed by atoms with Crippen LogP contribution >= 0.6 is 24.0 Å². The number of rotatable bonds is 4. The molecule has 186 valence electrons. The van der Waals surface area contributed by atoms with Gasteiger partial charge in [-0.3, -0.25) is 14.9 Å². The molecule has 2 N–H and O–H groups in total. The van der Waals surface area contributed by atoms with E-state index in [1.165, 1.54) is 30.1 Å². The normalized spacial score (nSPS) is 15.1. The van der Waals surface area contributed by atoms with E-state index in [-0.39, 0.29) is 16.6 Å². The predicted molar refractivity (Wildman–Crippen MR) is 139 cm³/mol. The molecule has 2 aliphatic rings. The lowest BCUT2D eigenvalue weighted by atomic mass is 10.1. The van der Waals surface area contributed by atoms with E-state index in [0.29, 0.717) is 65.4 Å². The van der Waals surface area contributed by atoms with Gasteiger partial charge < -0.3 is 24.8 Å². The summed E-state index contributed by atoms with van der Waals surface area (Å²) in [5.41, 5.74) is 0.551. The molecule has 0 atom stereocenters. The number of hydrogen-bond donors (Lipinski definition) is 2. The van der Waals surface area contributed by atoms with Crippen molar-refractivity contribution in [3.8, 4) is 0 Å². The maximum Gasteiger partial charge on any atom is 0.341 e. The van der Waals surface area contributed by atoms with Crippen molar-refractivity contribution >= 4 is 63.0 Å². The zero-order valence-electron chi connectivity index (χ0n) is 18.8. The number of carboxylic acids is 1. The Morgan fingerprint density at radius 1 is 1.17 bits per heavy atom. The van der Waals surface area contributed by atoms with E-state index in [4.69, 9.17) is 12.2 Å². The number of thioether (sulfide) groups is 1. The molecular formula is C23H20FN5O5S2. The van der Waals surface area contributed by atoms with E-state index >= 15 is 4.39 Å². The molecular weight excluding hydrogens is 509 g/mol. The van der Waals surface area contributed by atoms with Gasteiger partial charge in [0.25, 0.3) is 5.69 Å². The number of pyridine rings is 1. The minimum absolute atomic E-state index is 0.0102. The molecule has 0 bridgehead atoms. The number of nitro groups is 1. The molecule has 2 aliphatic heterocycles. The highest BCUT2D eigenvalue weighted by atomic mass is 32.2. The lowest BCUT2D eigenvalue weighted by Gasteiger charge is -2.38. The quantitative estimate of drug-likeness (QED) is 0.296. The number of hydrogen-bond acceptors (Lipinski definition) is 7. The average molecular weight is 530 g/mol. The molecule has 0 aliphatic carbocycles. The molecule has 5 rings (SSSR count). The molecule has 13 heteroatoms. The van der Waals surface area contributed by atoms with Gasteiger partial charge in [-0.1, -0.05) is 0 Å². The predicted octanol–water partition coefficient (Wildman–Crippen LogP) is 3.37. The molecule has 1 saturated heterocycles. The monoisotopic (exact) mass is 529 g/mol. The van der Waals surface area contributed by atoms with Gasteiger partial charge in [0.15, 0.2) is 5.11 Å². The van der Waals surface area contributed by atoms with Gasteiger partial charge in [0, 0.05) is 62.5 Å². The fraction of sp³-hybridized carbons (Fsp3) is 0.261. The second-order valence-electron chi connectivity index (χ2n) is 8.36. The Morgan fingerprint density at radius 3 is 2.50 bits per heavy atom. The number of nitrogens with zero attached hydrogens (tertiary/aromatic N) is 4. The highest BCUT2D eigenvalue weighted by Crippen LogP contribution is 2.41. The zero-order chi connectivity index (χ0) is 25.6. The largest absolute Gasteiger partial charge is 0.477 e. The van der Waals surface area contributed by atoms with Gasteiger partial charge in [0.2, 0.25) is 5.43 Å². The lowest BCUT2D eigenvalue weighted by Crippen LogP contribution is -2.50. The Hall–Kier alpha value is -3.71. The Labute approximate surface area is 213 Å². The van der Waals surface area contributed by atoms with Crippen LogP contribution in [0.15, 0.2) is 46.2 Å². The Balaban J connectivity index is 1.37. The van der Waals surface area contributed by atoms with E-state index in [2.05, 4.69) is 5.32 Å². The number of carbonyl (C=O) groups is 1. The van der Waals surface area contributed by atoms with Crippen LogP contribution in [0.25, 0.3) is 10.9 Å². The summed E-state index contributed by atoms with van der Waals surface area (Å²) >= 11 is 6.97. The fourth-order valence-electron chi connectivity index (χ4n) is 4.50. The maximum atomic E-state index is 15.4. The summed E-state index contributed by atoms with van der Waals surface area (Å²) in [7, 11) is 0. The summed E-state index contributed by atoms with van der Waals surface area (Å²) in [5, 5.41) is 23.8. The third-order valence-corrected chi connectivity index (χ3v) is 7.69. The van der Waals surface area contributed by atoms with Crippen molar-refractivity contribution in [3.05, 3.63) is 68.2 Å². The number of nitrogens with one attached hydrogen (secondary N) is 1. The van der Waals surface area contributed by atoms with Crippen LogP contribution in [-0.2, 0) is 6.54 Å². The minimum atomic E-state index is -1.33. The van der Waals surface area contributed by atoms with Crippen molar-refractivity contribution in [1.29, 1.82) is 0 Å². The second kappa shape index (κ2) is 9.39. The summed E-state index contributed by atoms with van der Waals surface area (Å²) in [6.07, 6.45) is 1.35. The second-order valence-corrected chi connectivity index (χ2v) is 9.85. The molecule has 0 spiro atoms. The van der Waals surface area contributed by atoms with Crippen LogP contribution in [0.3, 0.4) is 0 Å². The summed E-state index contributed by atoms with van der Waals surface area (Å²) in [6.45, 7) is 2.53. The smallest absolute Gasteiger partial charge is 0.341 e. The number of benzene rings is 2. The van der Waals surface area contributed by atoms with Crippen LogP contribution in [0.5, 0.6) is 0 Å². The van der Waals surface area contributed by atoms with Gasteiger partial charge >= 0.3 is 5.97 Å². The number of halogens is 1. The van der Waals surface area contributed by atoms with Gasteiger partial charge in [-0.25, -0.2) is 9.18 Å². The first kappa shape index (κ1) is 24.0. The number of aryl methyl sites for hydroxylation is 1. The van der Waals surface area contributed by atoms with Gasteiger partial charge in [0.1, 0.15) is 11.4 Å². The average Bonchev–Trinajstić information content (AvgIpc) is 2.86. The first-order valence-electron chi connectivity index (χ1n) is 11.1. The SMILES string of the molecule is O=C(O)c1cn2c3c(c(N4CCN(C(=S)Nc5ccc([N+](=O)[O-])cc5)CC4)c(F)cc3c1=O)SCC2. The Morgan fingerprint density at radius 2 is 1.86 bits per heavy atom. The molecule has 0 saturated carbocycles. The summed E-state index contributed by atoms with van der Waals surface area (Å²) in [5.74, 6) is -1.26. The van der Waals surface area contributed by atoms with Crippen molar-refractivity contribution < 1.29 is 19.2 Å². The number of anilines is 2.